The molecule has 0 spiro atoms. The topological polar surface area (TPSA) is 87.7 Å². The Kier molecular flexibility index (Phi) is 9.66. The van der Waals surface area contributed by atoms with Crippen LogP contribution >= 0.6 is 0 Å². The van der Waals surface area contributed by atoms with Crippen molar-refractivity contribution >= 4 is 17.9 Å². The largest absolute Gasteiger partial charge is 0.444 e. The molecule has 2 fully saturated rings. The van der Waals surface area contributed by atoms with Crippen LogP contribution in [0, 0.1) is 11.8 Å². The van der Waals surface area contributed by atoms with E-state index in [-0.39, 0.29) is 24.8 Å². The highest BCUT2D eigenvalue weighted by atomic mass is 16.6. The Hall–Kier alpha value is -2.05. The van der Waals surface area contributed by atoms with Gasteiger partial charge in [0.15, 0.2) is 0 Å². The van der Waals surface area contributed by atoms with Crippen LogP contribution in [0.25, 0.3) is 0 Å². The smallest absolute Gasteiger partial charge is 0.407 e. The van der Waals surface area contributed by atoms with E-state index in [1.807, 2.05) is 4.90 Å². The van der Waals surface area contributed by atoms with Gasteiger partial charge < -0.3 is 20.3 Å². The van der Waals surface area contributed by atoms with Crippen LogP contribution in [-0.4, -0.2) is 54.6 Å². The van der Waals surface area contributed by atoms with Crippen LogP contribution in [0.3, 0.4) is 0 Å². The SMILES string of the molecule is CC(C)(C)OC(=O)NCCC(=O)NCC1CCN(C(=O)/C=C/C2CCCCC2)CC1. The molecule has 0 bridgehead atoms. The molecule has 1 aliphatic carbocycles. The zero-order chi connectivity index (χ0) is 22.0. The van der Waals surface area contributed by atoms with E-state index >= 15 is 0 Å². The van der Waals surface area contributed by atoms with E-state index in [0.717, 1.165) is 25.9 Å². The first-order valence-electron chi connectivity index (χ1n) is 11.4. The van der Waals surface area contributed by atoms with Crippen molar-refractivity contribution in [2.24, 2.45) is 11.8 Å². The van der Waals surface area contributed by atoms with Gasteiger partial charge in [-0.3, -0.25) is 9.59 Å². The predicted octanol–water partition coefficient (Wildman–Crippen LogP) is 3.39. The summed E-state index contributed by atoms with van der Waals surface area (Å²) in [6.45, 7) is 7.75. The van der Waals surface area contributed by atoms with Crippen LogP contribution < -0.4 is 10.6 Å². The maximum absolute atomic E-state index is 12.4. The minimum absolute atomic E-state index is 0.0834. The summed E-state index contributed by atoms with van der Waals surface area (Å²) in [5.74, 6) is 0.996. The van der Waals surface area contributed by atoms with Crippen molar-refractivity contribution in [3.05, 3.63) is 12.2 Å². The molecular weight excluding hydrogens is 382 g/mol. The fraction of sp³-hybridized carbons (Fsp3) is 0.783. The molecule has 2 N–H and O–H groups in total. The van der Waals surface area contributed by atoms with Gasteiger partial charge in [0.1, 0.15) is 5.60 Å². The molecule has 1 aliphatic heterocycles. The van der Waals surface area contributed by atoms with Gasteiger partial charge >= 0.3 is 6.09 Å². The first-order valence-corrected chi connectivity index (χ1v) is 11.4. The summed E-state index contributed by atoms with van der Waals surface area (Å²) in [6, 6.07) is 0. The Labute approximate surface area is 181 Å². The second-order valence-electron chi connectivity index (χ2n) is 9.51. The van der Waals surface area contributed by atoms with Crippen molar-refractivity contribution in [3.8, 4) is 0 Å². The summed E-state index contributed by atoms with van der Waals surface area (Å²) in [5, 5.41) is 5.53. The number of carbonyl (C=O) groups is 3. The number of allylic oxidation sites excluding steroid dienone is 1. The molecule has 30 heavy (non-hydrogen) atoms. The Bertz CT molecular complexity index is 598. The summed E-state index contributed by atoms with van der Waals surface area (Å²) < 4.78 is 5.14. The van der Waals surface area contributed by atoms with Gasteiger partial charge in [0.05, 0.1) is 0 Å². The van der Waals surface area contributed by atoms with Gasteiger partial charge in [0.25, 0.3) is 0 Å². The normalized spacial score (nSPS) is 19.0. The first-order chi connectivity index (χ1) is 14.2. The molecule has 0 aromatic rings. The average molecular weight is 422 g/mol. The number of likely N-dealkylation sites (tertiary alicyclic amines) is 1. The second kappa shape index (κ2) is 12.0. The molecule has 7 nitrogen and oxygen atoms in total. The molecule has 1 saturated carbocycles. The first kappa shape index (κ1) is 24.2. The van der Waals surface area contributed by atoms with Crippen LogP contribution in [0.5, 0.6) is 0 Å². The molecule has 0 radical (unpaired) electrons. The summed E-state index contributed by atoms with van der Waals surface area (Å²) in [4.78, 5) is 37.9. The van der Waals surface area contributed by atoms with E-state index in [4.69, 9.17) is 4.74 Å². The van der Waals surface area contributed by atoms with Crippen molar-refractivity contribution in [1.29, 1.82) is 0 Å². The predicted molar refractivity (Wildman–Crippen MR) is 117 cm³/mol. The minimum atomic E-state index is -0.547. The number of carbonyl (C=O) groups excluding carboxylic acids is 3. The number of rotatable bonds is 7. The van der Waals surface area contributed by atoms with Gasteiger partial charge in [-0.15, -0.1) is 0 Å². The van der Waals surface area contributed by atoms with Gasteiger partial charge in [-0.25, -0.2) is 4.79 Å². The molecule has 2 aliphatic rings. The van der Waals surface area contributed by atoms with Crippen molar-refractivity contribution in [2.45, 2.75) is 77.7 Å². The van der Waals surface area contributed by atoms with Gasteiger partial charge in [0, 0.05) is 32.6 Å². The van der Waals surface area contributed by atoms with E-state index in [1.54, 1.807) is 26.8 Å². The fourth-order valence-electron chi connectivity index (χ4n) is 3.95. The lowest BCUT2D eigenvalue weighted by Gasteiger charge is -2.31. The number of alkyl carbamates (subject to hydrolysis) is 1. The third kappa shape index (κ3) is 9.63. The van der Waals surface area contributed by atoms with Crippen LogP contribution in [0.1, 0.15) is 72.1 Å². The van der Waals surface area contributed by atoms with Crippen LogP contribution in [0.15, 0.2) is 12.2 Å². The molecular formula is C23H39N3O4. The molecule has 0 aromatic heterocycles. The van der Waals surface area contributed by atoms with Crippen molar-refractivity contribution in [3.63, 3.8) is 0 Å². The monoisotopic (exact) mass is 421 g/mol. The summed E-state index contributed by atoms with van der Waals surface area (Å²) in [7, 11) is 0. The lowest BCUT2D eigenvalue weighted by molar-refractivity contribution is -0.127. The molecule has 2 rings (SSSR count). The lowest BCUT2D eigenvalue weighted by atomic mass is 9.89. The third-order valence-electron chi connectivity index (χ3n) is 5.70. The van der Waals surface area contributed by atoms with Crippen molar-refractivity contribution in [2.75, 3.05) is 26.2 Å². The molecule has 0 atom stereocenters. The summed E-state index contributed by atoms with van der Waals surface area (Å²) >= 11 is 0. The maximum Gasteiger partial charge on any atom is 0.407 e. The van der Waals surface area contributed by atoms with E-state index in [0.29, 0.717) is 18.4 Å². The van der Waals surface area contributed by atoms with Crippen LogP contribution in [0.4, 0.5) is 4.79 Å². The molecule has 1 heterocycles. The van der Waals surface area contributed by atoms with E-state index in [9.17, 15) is 14.4 Å². The van der Waals surface area contributed by atoms with Gasteiger partial charge in [-0.2, -0.15) is 0 Å². The number of amides is 3. The number of ether oxygens (including phenoxy) is 1. The highest BCUT2D eigenvalue weighted by Crippen LogP contribution is 2.24. The minimum Gasteiger partial charge on any atom is -0.444 e. The molecule has 0 aromatic carbocycles. The second-order valence-corrected chi connectivity index (χ2v) is 9.51. The number of nitrogens with one attached hydrogen (secondary N) is 2. The van der Waals surface area contributed by atoms with E-state index in [1.165, 1.54) is 32.1 Å². The molecule has 0 unspecified atom stereocenters. The summed E-state index contributed by atoms with van der Waals surface area (Å²) in [6.07, 6.45) is 11.7. The van der Waals surface area contributed by atoms with Crippen molar-refractivity contribution < 1.29 is 19.1 Å². The van der Waals surface area contributed by atoms with Gasteiger partial charge in [0.2, 0.25) is 11.8 Å². The number of nitrogens with zero attached hydrogens (tertiary/aromatic N) is 1. The quantitative estimate of drug-likeness (QED) is 0.617. The zero-order valence-corrected chi connectivity index (χ0v) is 18.9. The van der Waals surface area contributed by atoms with Gasteiger partial charge in [-0.1, -0.05) is 25.3 Å². The van der Waals surface area contributed by atoms with E-state index < -0.39 is 11.7 Å². The Balaban J connectivity index is 1.57. The van der Waals surface area contributed by atoms with Crippen molar-refractivity contribution in [1.82, 2.24) is 15.5 Å². The highest BCUT2D eigenvalue weighted by Gasteiger charge is 2.22. The Morgan fingerprint density at radius 2 is 1.67 bits per heavy atom. The maximum atomic E-state index is 12.4. The summed E-state index contributed by atoms with van der Waals surface area (Å²) in [5.41, 5.74) is -0.547. The lowest BCUT2D eigenvalue weighted by Crippen LogP contribution is -2.41. The van der Waals surface area contributed by atoms with Gasteiger partial charge in [-0.05, 0) is 64.4 Å². The zero-order valence-electron chi connectivity index (χ0n) is 18.9. The highest BCUT2D eigenvalue weighted by molar-refractivity contribution is 5.87. The molecule has 170 valence electrons. The Morgan fingerprint density at radius 3 is 2.30 bits per heavy atom. The molecule has 7 heteroatoms. The number of piperidine rings is 1. The molecule has 3 amide bonds. The van der Waals surface area contributed by atoms with Crippen LogP contribution in [-0.2, 0) is 14.3 Å². The number of hydrogen-bond acceptors (Lipinski definition) is 4. The average Bonchev–Trinajstić information content (AvgIpc) is 2.70. The van der Waals surface area contributed by atoms with Crippen LogP contribution in [0.2, 0.25) is 0 Å². The van der Waals surface area contributed by atoms with E-state index in [2.05, 4.69) is 16.7 Å². The third-order valence-corrected chi connectivity index (χ3v) is 5.70. The Morgan fingerprint density at radius 1 is 1.00 bits per heavy atom. The molecule has 1 saturated heterocycles. The number of hydrogen-bond donors (Lipinski definition) is 2. The standard InChI is InChI=1S/C23H39N3O4/c1-23(2,3)30-22(29)24-14-11-20(27)25-17-19-12-15-26(16-13-19)21(28)10-9-18-7-5-4-6-8-18/h9-10,18-19H,4-8,11-17H2,1-3H3,(H,24,29)(H,25,27)/b10-9+. The fourth-order valence-corrected chi connectivity index (χ4v) is 3.95.